The predicted molar refractivity (Wildman–Crippen MR) is 82.1 cm³/mol. The summed E-state index contributed by atoms with van der Waals surface area (Å²) < 4.78 is 0. The number of hydrogen-bond donors (Lipinski definition) is 1. The standard InChI is InChI=1S/C18H24O2/c1-2-3-4-5-14-6-8-15(9-7-14)16-10-12-17(13-11-16)18(19)20/h4-5,10-15H,2-3,6-9H2,1H3,(H,19,20)/t14-,15-. The van der Waals surface area contributed by atoms with E-state index in [0.717, 1.165) is 5.92 Å². The highest BCUT2D eigenvalue weighted by atomic mass is 16.4. The van der Waals surface area contributed by atoms with Crippen molar-refractivity contribution in [3.05, 3.63) is 47.5 Å². The van der Waals surface area contributed by atoms with Gasteiger partial charge in [0.1, 0.15) is 0 Å². The Hall–Kier alpha value is -1.57. The van der Waals surface area contributed by atoms with E-state index in [-0.39, 0.29) is 0 Å². The summed E-state index contributed by atoms with van der Waals surface area (Å²) >= 11 is 0. The molecule has 0 heterocycles. The Morgan fingerprint density at radius 3 is 2.40 bits per heavy atom. The second-order valence-electron chi connectivity index (χ2n) is 5.76. The normalized spacial score (nSPS) is 23.1. The molecule has 1 N–H and O–H groups in total. The van der Waals surface area contributed by atoms with Gasteiger partial charge in [-0.1, -0.05) is 37.6 Å². The van der Waals surface area contributed by atoms with Gasteiger partial charge in [-0.15, -0.1) is 0 Å². The number of aromatic carboxylic acids is 1. The van der Waals surface area contributed by atoms with Gasteiger partial charge in [-0.25, -0.2) is 4.79 Å². The van der Waals surface area contributed by atoms with Crippen molar-refractivity contribution in [2.45, 2.75) is 51.4 Å². The molecule has 1 aliphatic rings. The molecule has 1 aliphatic carbocycles. The maximum absolute atomic E-state index is 10.8. The minimum atomic E-state index is -0.846. The largest absolute Gasteiger partial charge is 0.478 e. The molecule has 108 valence electrons. The summed E-state index contributed by atoms with van der Waals surface area (Å²) in [5.74, 6) is 0.506. The highest BCUT2D eigenvalue weighted by Gasteiger charge is 2.20. The molecule has 0 amide bonds. The molecule has 2 nitrogen and oxygen atoms in total. The maximum Gasteiger partial charge on any atom is 0.335 e. The minimum absolute atomic E-state index is 0.380. The first-order valence-electron chi connectivity index (χ1n) is 7.70. The number of unbranched alkanes of at least 4 members (excludes halogenated alkanes) is 1. The first-order chi connectivity index (χ1) is 9.70. The summed E-state index contributed by atoms with van der Waals surface area (Å²) in [4.78, 5) is 10.8. The van der Waals surface area contributed by atoms with E-state index < -0.39 is 5.97 Å². The minimum Gasteiger partial charge on any atom is -0.478 e. The highest BCUT2D eigenvalue weighted by molar-refractivity contribution is 5.87. The lowest BCUT2D eigenvalue weighted by atomic mass is 9.78. The number of hydrogen-bond acceptors (Lipinski definition) is 1. The molecule has 1 aromatic carbocycles. The van der Waals surface area contributed by atoms with Crippen LogP contribution in [0.3, 0.4) is 0 Å². The third-order valence-electron chi connectivity index (χ3n) is 4.26. The van der Waals surface area contributed by atoms with E-state index >= 15 is 0 Å². The molecule has 0 saturated heterocycles. The first kappa shape index (κ1) is 14.8. The Kier molecular flexibility index (Phi) is 5.40. The van der Waals surface area contributed by atoms with Gasteiger partial charge < -0.3 is 5.11 Å². The lowest BCUT2D eigenvalue weighted by molar-refractivity contribution is 0.0697. The molecule has 0 aliphatic heterocycles. The summed E-state index contributed by atoms with van der Waals surface area (Å²) in [6.07, 6.45) is 12.1. The summed E-state index contributed by atoms with van der Waals surface area (Å²) in [5, 5.41) is 8.92. The monoisotopic (exact) mass is 272 g/mol. The first-order valence-corrected chi connectivity index (χ1v) is 7.70. The molecular weight excluding hydrogens is 248 g/mol. The van der Waals surface area contributed by atoms with Crippen LogP contribution in [0.2, 0.25) is 0 Å². The number of allylic oxidation sites excluding steroid dienone is 2. The van der Waals surface area contributed by atoms with E-state index in [0.29, 0.717) is 11.5 Å². The number of carboxylic acids is 1. The topological polar surface area (TPSA) is 37.3 Å². The van der Waals surface area contributed by atoms with Gasteiger partial charge in [0.05, 0.1) is 5.56 Å². The summed E-state index contributed by atoms with van der Waals surface area (Å²) in [6.45, 7) is 2.21. The molecule has 20 heavy (non-hydrogen) atoms. The van der Waals surface area contributed by atoms with E-state index in [4.69, 9.17) is 5.11 Å². The quantitative estimate of drug-likeness (QED) is 0.764. The van der Waals surface area contributed by atoms with Crippen molar-refractivity contribution in [2.75, 3.05) is 0 Å². The van der Waals surface area contributed by atoms with Crippen LogP contribution in [0.4, 0.5) is 0 Å². The number of rotatable bonds is 5. The van der Waals surface area contributed by atoms with Crippen molar-refractivity contribution in [1.29, 1.82) is 0 Å². The van der Waals surface area contributed by atoms with Gasteiger partial charge in [-0.05, 0) is 61.6 Å². The van der Waals surface area contributed by atoms with E-state index in [1.54, 1.807) is 12.1 Å². The third-order valence-corrected chi connectivity index (χ3v) is 4.26. The number of benzene rings is 1. The van der Waals surface area contributed by atoms with Crippen LogP contribution in [0.5, 0.6) is 0 Å². The fourth-order valence-corrected chi connectivity index (χ4v) is 3.00. The zero-order valence-corrected chi connectivity index (χ0v) is 12.2. The van der Waals surface area contributed by atoms with Crippen molar-refractivity contribution < 1.29 is 9.90 Å². The molecule has 0 atom stereocenters. The number of carbonyl (C=O) groups is 1. The zero-order chi connectivity index (χ0) is 14.4. The number of carboxylic acid groups (broad SMARTS) is 1. The van der Waals surface area contributed by atoms with Gasteiger partial charge in [-0.3, -0.25) is 0 Å². The summed E-state index contributed by atoms with van der Waals surface area (Å²) in [6, 6.07) is 7.43. The molecular formula is C18H24O2. The van der Waals surface area contributed by atoms with E-state index in [1.807, 2.05) is 12.1 Å². The Bertz CT molecular complexity index is 451. The molecule has 1 fully saturated rings. The van der Waals surface area contributed by atoms with Crippen LogP contribution >= 0.6 is 0 Å². The van der Waals surface area contributed by atoms with Crippen molar-refractivity contribution in [2.24, 2.45) is 5.92 Å². The van der Waals surface area contributed by atoms with Crippen LogP contribution < -0.4 is 0 Å². The Labute approximate surface area is 121 Å². The van der Waals surface area contributed by atoms with Crippen molar-refractivity contribution in [3.63, 3.8) is 0 Å². The van der Waals surface area contributed by atoms with Gasteiger partial charge in [-0.2, -0.15) is 0 Å². The Balaban J connectivity index is 1.88. The second kappa shape index (κ2) is 7.28. The van der Waals surface area contributed by atoms with Crippen molar-refractivity contribution in [1.82, 2.24) is 0 Å². The summed E-state index contributed by atoms with van der Waals surface area (Å²) in [7, 11) is 0. The van der Waals surface area contributed by atoms with Gasteiger partial charge in [0.25, 0.3) is 0 Å². The smallest absolute Gasteiger partial charge is 0.335 e. The Morgan fingerprint density at radius 2 is 1.85 bits per heavy atom. The van der Waals surface area contributed by atoms with Crippen LogP contribution in [-0.4, -0.2) is 11.1 Å². The molecule has 0 aromatic heterocycles. The molecule has 1 saturated carbocycles. The van der Waals surface area contributed by atoms with Gasteiger partial charge >= 0.3 is 5.97 Å². The van der Waals surface area contributed by atoms with Crippen LogP contribution in [0.25, 0.3) is 0 Å². The molecule has 0 radical (unpaired) electrons. The van der Waals surface area contributed by atoms with Crippen LogP contribution in [0.15, 0.2) is 36.4 Å². The lowest BCUT2D eigenvalue weighted by Crippen LogP contribution is -2.12. The molecule has 2 heteroatoms. The molecule has 0 bridgehead atoms. The molecule has 1 aromatic rings. The van der Waals surface area contributed by atoms with Crippen LogP contribution in [-0.2, 0) is 0 Å². The SMILES string of the molecule is CCCC=C[C@H]1CC[C@H](c2ccc(C(=O)O)cc2)CC1. The second-order valence-corrected chi connectivity index (χ2v) is 5.76. The van der Waals surface area contributed by atoms with Gasteiger partial charge in [0.2, 0.25) is 0 Å². The van der Waals surface area contributed by atoms with E-state index in [2.05, 4.69) is 19.1 Å². The fraction of sp³-hybridized carbons (Fsp3) is 0.500. The average molecular weight is 272 g/mol. The molecule has 0 spiro atoms. The highest BCUT2D eigenvalue weighted by Crippen LogP contribution is 2.36. The zero-order valence-electron chi connectivity index (χ0n) is 12.2. The van der Waals surface area contributed by atoms with Crippen molar-refractivity contribution in [3.8, 4) is 0 Å². The van der Waals surface area contributed by atoms with E-state index in [9.17, 15) is 4.79 Å². The molecule has 2 rings (SSSR count). The predicted octanol–water partition coefficient (Wildman–Crippen LogP) is 5.01. The average Bonchev–Trinajstić information content (AvgIpc) is 2.48. The lowest BCUT2D eigenvalue weighted by Gasteiger charge is -2.27. The fourth-order valence-electron chi connectivity index (χ4n) is 3.00. The van der Waals surface area contributed by atoms with Gasteiger partial charge in [0, 0.05) is 0 Å². The molecule has 0 unspecified atom stereocenters. The Morgan fingerprint density at radius 1 is 1.20 bits per heavy atom. The summed E-state index contributed by atoms with van der Waals surface area (Å²) in [5.41, 5.74) is 1.68. The maximum atomic E-state index is 10.8. The van der Waals surface area contributed by atoms with E-state index in [1.165, 1.54) is 44.1 Å². The van der Waals surface area contributed by atoms with Crippen LogP contribution in [0, 0.1) is 5.92 Å². The third kappa shape index (κ3) is 3.96. The van der Waals surface area contributed by atoms with Gasteiger partial charge in [0.15, 0.2) is 0 Å². The van der Waals surface area contributed by atoms with Crippen molar-refractivity contribution >= 4 is 5.97 Å². The van der Waals surface area contributed by atoms with Crippen LogP contribution in [0.1, 0.15) is 67.3 Å².